The van der Waals surface area contributed by atoms with Crippen LogP contribution in [0.25, 0.3) is 6.08 Å². The van der Waals surface area contributed by atoms with Gasteiger partial charge in [0, 0.05) is 43.4 Å². The molecular formula is C24H26N2O6. The number of methoxy groups -OCH3 is 1. The Kier molecular flexibility index (Phi) is 7.85. The van der Waals surface area contributed by atoms with Gasteiger partial charge >= 0.3 is 6.16 Å². The summed E-state index contributed by atoms with van der Waals surface area (Å²) in [6.45, 7) is 3.69. The van der Waals surface area contributed by atoms with E-state index in [1.54, 1.807) is 54.2 Å². The van der Waals surface area contributed by atoms with Crippen LogP contribution in [-0.2, 0) is 9.53 Å². The highest BCUT2D eigenvalue weighted by atomic mass is 16.7. The Morgan fingerprint density at radius 2 is 1.59 bits per heavy atom. The molecule has 0 radical (unpaired) electrons. The summed E-state index contributed by atoms with van der Waals surface area (Å²) in [6, 6.07) is 13.8. The third kappa shape index (κ3) is 5.87. The minimum absolute atomic E-state index is 0.108. The molecule has 1 saturated heterocycles. The van der Waals surface area contributed by atoms with Crippen molar-refractivity contribution in [1.29, 1.82) is 0 Å². The van der Waals surface area contributed by atoms with E-state index in [0.29, 0.717) is 43.2 Å². The first-order chi connectivity index (χ1) is 15.5. The second-order valence-electron chi connectivity index (χ2n) is 7.00. The molecule has 32 heavy (non-hydrogen) atoms. The summed E-state index contributed by atoms with van der Waals surface area (Å²) < 4.78 is 15.0. The number of carbonyl (C=O) groups is 3. The first kappa shape index (κ1) is 22.9. The topological polar surface area (TPSA) is 85.4 Å². The molecule has 0 saturated carbocycles. The minimum Gasteiger partial charge on any atom is -0.496 e. The fourth-order valence-electron chi connectivity index (χ4n) is 3.29. The number of hydrogen-bond donors (Lipinski definition) is 0. The number of rotatable bonds is 6. The maximum absolute atomic E-state index is 12.8. The van der Waals surface area contributed by atoms with E-state index in [1.165, 1.54) is 6.08 Å². The van der Waals surface area contributed by atoms with Gasteiger partial charge in [-0.3, -0.25) is 9.59 Å². The van der Waals surface area contributed by atoms with Crippen LogP contribution in [-0.4, -0.2) is 67.7 Å². The summed E-state index contributed by atoms with van der Waals surface area (Å²) >= 11 is 0. The summed E-state index contributed by atoms with van der Waals surface area (Å²) in [5, 5.41) is 0. The van der Waals surface area contributed by atoms with Gasteiger partial charge in [0.25, 0.3) is 5.91 Å². The zero-order chi connectivity index (χ0) is 22.9. The molecule has 0 aliphatic carbocycles. The third-order valence-electron chi connectivity index (χ3n) is 4.99. The summed E-state index contributed by atoms with van der Waals surface area (Å²) in [6.07, 6.45) is 2.48. The van der Waals surface area contributed by atoms with E-state index in [9.17, 15) is 14.4 Å². The SMILES string of the molecule is CCOC(=O)Oc1ccc(C(=O)N2CCN(C(=O)/C=C/c3ccccc3OC)CC2)cc1. The quantitative estimate of drug-likeness (QED) is 0.391. The number of carbonyl (C=O) groups excluding carboxylic acids is 3. The zero-order valence-corrected chi connectivity index (χ0v) is 18.2. The van der Waals surface area contributed by atoms with E-state index < -0.39 is 6.16 Å². The van der Waals surface area contributed by atoms with Crippen molar-refractivity contribution in [2.75, 3.05) is 39.9 Å². The molecule has 1 heterocycles. The van der Waals surface area contributed by atoms with Crippen molar-refractivity contribution in [1.82, 2.24) is 9.80 Å². The van der Waals surface area contributed by atoms with E-state index in [0.717, 1.165) is 5.56 Å². The number of para-hydroxylation sites is 1. The number of benzene rings is 2. The van der Waals surface area contributed by atoms with E-state index >= 15 is 0 Å². The Bertz CT molecular complexity index is 978. The predicted molar refractivity (Wildman–Crippen MR) is 119 cm³/mol. The molecule has 1 aliphatic heterocycles. The Morgan fingerprint density at radius 3 is 2.25 bits per heavy atom. The van der Waals surface area contributed by atoms with Crippen molar-refractivity contribution in [2.24, 2.45) is 0 Å². The highest BCUT2D eigenvalue weighted by Gasteiger charge is 2.24. The van der Waals surface area contributed by atoms with Crippen LogP contribution in [0.15, 0.2) is 54.6 Å². The number of hydrogen-bond acceptors (Lipinski definition) is 6. The molecule has 2 aromatic rings. The van der Waals surface area contributed by atoms with Crippen LogP contribution in [0.1, 0.15) is 22.8 Å². The number of amides is 2. The van der Waals surface area contributed by atoms with Gasteiger partial charge in [0.1, 0.15) is 11.5 Å². The Hall–Kier alpha value is -3.81. The first-order valence-corrected chi connectivity index (χ1v) is 10.4. The summed E-state index contributed by atoms with van der Waals surface area (Å²) in [5.41, 5.74) is 1.31. The molecule has 0 spiro atoms. The van der Waals surface area contributed by atoms with Crippen molar-refractivity contribution in [3.05, 3.63) is 65.7 Å². The predicted octanol–water partition coefficient (Wildman–Crippen LogP) is 3.23. The standard InChI is InChI=1S/C24H26N2O6/c1-3-31-24(29)32-20-11-8-19(9-12-20)23(28)26-16-14-25(15-17-26)22(27)13-10-18-6-4-5-7-21(18)30-2/h4-13H,3,14-17H2,1-2H3/b13-10+. The zero-order valence-electron chi connectivity index (χ0n) is 18.2. The minimum atomic E-state index is -0.785. The molecule has 0 bridgehead atoms. The molecule has 1 aliphatic rings. The van der Waals surface area contributed by atoms with Crippen molar-refractivity contribution in [2.45, 2.75) is 6.92 Å². The molecule has 3 rings (SSSR count). The summed E-state index contributed by atoms with van der Waals surface area (Å²) in [4.78, 5) is 40.1. The molecule has 1 fully saturated rings. The number of piperazine rings is 1. The molecule has 0 N–H and O–H groups in total. The highest BCUT2D eigenvalue weighted by Crippen LogP contribution is 2.19. The van der Waals surface area contributed by atoms with Crippen LogP contribution >= 0.6 is 0 Å². The summed E-state index contributed by atoms with van der Waals surface area (Å²) in [5.74, 6) is 0.760. The van der Waals surface area contributed by atoms with Gasteiger partial charge in [-0.25, -0.2) is 4.79 Å². The molecule has 8 nitrogen and oxygen atoms in total. The molecule has 2 aromatic carbocycles. The monoisotopic (exact) mass is 438 g/mol. The third-order valence-corrected chi connectivity index (χ3v) is 4.99. The van der Waals surface area contributed by atoms with Crippen LogP contribution < -0.4 is 9.47 Å². The fraction of sp³-hybridized carbons (Fsp3) is 0.292. The van der Waals surface area contributed by atoms with Crippen LogP contribution in [0.4, 0.5) is 4.79 Å². The average Bonchev–Trinajstić information content (AvgIpc) is 2.83. The van der Waals surface area contributed by atoms with E-state index in [4.69, 9.17) is 14.2 Å². The smallest absolute Gasteiger partial charge is 0.496 e. The lowest BCUT2D eigenvalue weighted by molar-refractivity contribution is -0.127. The van der Waals surface area contributed by atoms with Crippen LogP contribution in [0.3, 0.4) is 0 Å². The Morgan fingerprint density at radius 1 is 0.938 bits per heavy atom. The first-order valence-electron chi connectivity index (χ1n) is 10.4. The van der Waals surface area contributed by atoms with Gasteiger partial charge in [-0.05, 0) is 43.3 Å². The lowest BCUT2D eigenvalue weighted by atomic mass is 10.1. The molecular weight excluding hydrogens is 412 g/mol. The van der Waals surface area contributed by atoms with Crippen LogP contribution in [0.2, 0.25) is 0 Å². The molecule has 168 valence electrons. The van der Waals surface area contributed by atoms with Gasteiger partial charge in [-0.1, -0.05) is 18.2 Å². The van der Waals surface area contributed by atoms with Gasteiger partial charge in [-0.15, -0.1) is 0 Å². The molecule has 0 aromatic heterocycles. The Labute approximate surface area is 187 Å². The van der Waals surface area contributed by atoms with Crippen LogP contribution in [0, 0.1) is 0 Å². The fourth-order valence-corrected chi connectivity index (χ4v) is 3.29. The normalized spacial score (nSPS) is 13.7. The van der Waals surface area contributed by atoms with Gasteiger partial charge < -0.3 is 24.0 Å². The van der Waals surface area contributed by atoms with Crippen molar-refractivity contribution < 1.29 is 28.6 Å². The molecule has 2 amide bonds. The van der Waals surface area contributed by atoms with Gasteiger partial charge in [0.05, 0.1) is 13.7 Å². The van der Waals surface area contributed by atoms with E-state index in [1.807, 2.05) is 24.3 Å². The van der Waals surface area contributed by atoms with Crippen molar-refractivity contribution in [3.63, 3.8) is 0 Å². The van der Waals surface area contributed by atoms with Gasteiger partial charge in [0.2, 0.25) is 5.91 Å². The maximum atomic E-state index is 12.8. The largest absolute Gasteiger partial charge is 0.513 e. The lowest BCUT2D eigenvalue weighted by Gasteiger charge is -2.34. The molecule has 0 atom stereocenters. The lowest BCUT2D eigenvalue weighted by Crippen LogP contribution is -2.50. The van der Waals surface area contributed by atoms with Crippen molar-refractivity contribution >= 4 is 24.0 Å². The summed E-state index contributed by atoms with van der Waals surface area (Å²) in [7, 11) is 1.59. The van der Waals surface area contributed by atoms with Crippen LogP contribution in [0.5, 0.6) is 11.5 Å². The maximum Gasteiger partial charge on any atom is 0.513 e. The van der Waals surface area contributed by atoms with Gasteiger partial charge in [0.15, 0.2) is 0 Å². The van der Waals surface area contributed by atoms with E-state index in [2.05, 4.69) is 0 Å². The van der Waals surface area contributed by atoms with Gasteiger partial charge in [-0.2, -0.15) is 0 Å². The second kappa shape index (κ2) is 11.0. The number of nitrogens with zero attached hydrogens (tertiary/aromatic N) is 2. The second-order valence-corrected chi connectivity index (χ2v) is 7.00. The average molecular weight is 438 g/mol. The Balaban J connectivity index is 1.52. The number of ether oxygens (including phenoxy) is 3. The molecule has 0 unspecified atom stereocenters. The van der Waals surface area contributed by atoms with E-state index in [-0.39, 0.29) is 18.4 Å². The molecule has 8 heteroatoms. The highest BCUT2D eigenvalue weighted by molar-refractivity contribution is 5.95. The van der Waals surface area contributed by atoms with Crippen molar-refractivity contribution in [3.8, 4) is 11.5 Å².